The zero-order chi connectivity index (χ0) is 23.5. The number of carbonyl (C=O) groups is 1. The number of piperidine rings is 1. The van der Waals surface area contributed by atoms with E-state index in [1.165, 1.54) is 0 Å². The predicted molar refractivity (Wildman–Crippen MR) is 134 cm³/mol. The van der Waals surface area contributed by atoms with Gasteiger partial charge in [-0.25, -0.2) is 4.98 Å². The summed E-state index contributed by atoms with van der Waals surface area (Å²) in [4.78, 5) is 17.4. The summed E-state index contributed by atoms with van der Waals surface area (Å²) in [6.45, 7) is 6.13. The van der Waals surface area contributed by atoms with Crippen molar-refractivity contribution in [2.45, 2.75) is 38.8 Å². The Kier molecular flexibility index (Phi) is 6.27. The summed E-state index contributed by atoms with van der Waals surface area (Å²) in [5, 5.41) is 12.7. The number of fused-ring (bicyclic) bond motifs is 1. The number of anilines is 1. The highest BCUT2D eigenvalue weighted by molar-refractivity contribution is 6.04. The number of amides is 1. The minimum absolute atomic E-state index is 0.184. The molecule has 7 nitrogen and oxygen atoms in total. The van der Waals surface area contributed by atoms with Gasteiger partial charge >= 0.3 is 0 Å². The van der Waals surface area contributed by atoms with Crippen LogP contribution < -0.4 is 15.4 Å². The second-order valence-electron chi connectivity index (χ2n) is 8.98. The van der Waals surface area contributed by atoms with Crippen LogP contribution in [-0.4, -0.2) is 39.9 Å². The van der Waals surface area contributed by atoms with Gasteiger partial charge in [-0.3, -0.25) is 9.48 Å². The zero-order valence-electron chi connectivity index (χ0n) is 19.5. The van der Waals surface area contributed by atoms with E-state index in [4.69, 9.17) is 4.74 Å². The number of hydrogen-bond donors (Lipinski definition) is 2. The fourth-order valence-corrected chi connectivity index (χ4v) is 4.16. The Labute approximate surface area is 199 Å². The number of aromatic nitrogens is 3. The van der Waals surface area contributed by atoms with Crippen molar-refractivity contribution in [3.63, 3.8) is 0 Å². The molecule has 1 saturated heterocycles. The molecule has 1 fully saturated rings. The topological polar surface area (TPSA) is 81.1 Å². The Morgan fingerprint density at radius 1 is 1.06 bits per heavy atom. The van der Waals surface area contributed by atoms with E-state index in [2.05, 4.69) is 52.9 Å². The van der Waals surface area contributed by atoms with E-state index in [1.807, 2.05) is 35.1 Å². The van der Waals surface area contributed by atoms with E-state index in [1.54, 1.807) is 18.3 Å². The summed E-state index contributed by atoms with van der Waals surface area (Å²) in [5.41, 5.74) is 2.68. The Hall–Kier alpha value is -3.71. The van der Waals surface area contributed by atoms with Crippen LogP contribution in [0.15, 0.2) is 67.1 Å². The van der Waals surface area contributed by atoms with Gasteiger partial charge < -0.3 is 15.4 Å². The van der Waals surface area contributed by atoms with Gasteiger partial charge in [-0.05, 0) is 81.1 Å². The molecule has 1 aliphatic rings. The van der Waals surface area contributed by atoms with Gasteiger partial charge in [0.25, 0.3) is 5.91 Å². The first kappa shape index (κ1) is 22.1. The van der Waals surface area contributed by atoms with Gasteiger partial charge in [0.2, 0.25) is 0 Å². The maximum atomic E-state index is 12.9. The van der Waals surface area contributed by atoms with E-state index >= 15 is 0 Å². The maximum Gasteiger partial charge on any atom is 0.256 e. The van der Waals surface area contributed by atoms with Gasteiger partial charge in [0.15, 0.2) is 0 Å². The lowest BCUT2D eigenvalue weighted by Gasteiger charge is -2.24. The molecule has 34 heavy (non-hydrogen) atoms. The van der Waals surface area contributed by atoms with E-state index in [9.17, 15) is 4.79 Å². The van der Waals surface area contributed by atoms with Gasteiger partial charge in [-0.15, -0.1) is 0 Å². The third kappa shape index (κ3) is 4.94. The zero-order valence-corrected chi connectivity index (χ0v) is 19.5. The van der Waals surface area contributed by atoms with Crippen LogP contribution in [0.3, 0.4) is 0 Å². The van der Waals surface area contributed by atoms with Crippen molar-refractivity contribution in [3.05, 3.63) is 72.7 Å². The first-order valence-corrected chi connectivity index (χ1v) is 11.8. The molecule has 5 rings (SSSR count). The second-order valence-corrected chi connectivity index (χ2v) is 8.98. The molecule has 1 aliphatic heterocycles. The highest BCUT2D eigenvalue weighted by Gasteiger charge is 2.16. The Bertz CT molecular complexity index is 1310. The molecule has 0 saturated carbocycles. The first-order chi connectivity index (χ1) is 16.5. The molecule has 0 unspecified atom stereocenters. The maximum absolute atomic E-state index is 12.9. The number of carbonyl (C=O) groups excluding carboxylic acids is 1. The molecule has 2 N–H and O–H groups in total. The molecule has 4 aromatic rings. The average molecular weight is 456 g/mol. The number of nitrogens with one attached hydrogen (secondary N) is 2. The number of rotatable bonds is 6. The molecule has 3 heterocycles. The Balaban J connectivity index is 1.33. The monoisotopic (exact) mass is 455 g/mol. The largest absolute Gasteiger partial charge is 0.490 e. The summed E-state index contributed by atoms with van der Waals surface area (Å²) in [6, 6.07) is 15.7. The Morgan fingerprint density at radius 2 is 1.91 bits per heavy atom. The number of hydrogen-bond acceptors (Lipinski definition) is 5. The number of pyridine rings is 1. The minimum Gasteiger partial charge on any atom is -0.490 e. The number of nitrogens with zero attached hydrogens (tertiary/aromatic N) is 3. The van der Waals surface area contributed by atoms with Crippen molar-refractivity contribution in [1.82, 2.24) is 20.1 Å². The van der Waals surface area contributed by atoms with Gasteiger partial charge in [0, 0.05) is 34.9 Å². The van der Waals surface area contributed by atoms with Gasteiger partial charge in [-0.2, -0.15) is 5.10 Å². The lowest BCUT2D eigenvalue weighted by molar-refractivity contribution is 0.102. The molecular formula is C27H29N5O2. The molecule has 174 valence electrons. The lowest BCUT2D eigenvalue weighted by Crippen LogP contribution is -2.34. The minimum atomic E-state index is -0.211. The Morgan fingerprint density at radius 3 is 2.71 bits per heavy atom. The molecule has 0 spiro atoms. The van der Waals surface area contributed by atoms with Crippen molar-refractivity contribution in [2.24, 2.45) is 0 Å². The summed E-state index contributed by atoms with van der Waals surface area (Å²) in [6.07, 6.45) is 7.83. The van der Waals surface area contributed by atoms with Crippen molar-refractivity contribution in [1.29, 1.82) is 0 Å². The van der Waals surface area contributed by atoms with Gasteiger partial charge in [0.1, 0.15) is 17.7 Å². The molecule has 2 aromatic heterocycles. The van der Waals surface area contributed by atoms with Crippen LogP contribution in [0, 0.1) is 0 Å². The smallest absolute Gasteiger partial charge is 0.256 e. The highest BCUT2D eigenvalue weighted by atomic mass is 16.5. The van der Waals surface area contributed by atoms with E-state index in [0.29, 0.717) is 17.4 Å². The lowest BCUT2D eigenvalue weighted by atomic mass is 10.0. The fraction of sp³-hybridized carbons (Fsp3) is 0.296. The predicted octanol–water partition coefficient (Wildman–Crippen LogP) is 5.06. The second kappa shape index (κ2) is 9.65. The van der Waals surface area contributed by atoms with Crippen LogP contribution in [0.2, 0.25) is 0 Å². The summed E-state index contributed by atoms with van der Waals surface area (Å²) >= 11 is 0. The molecule has 0 aliphatic carbocycles. The highest BCUT2D eigenvalue weighted by Crippen LogP contribution is 2.26. The summed E-state index contributed by atoms with van der Waals surface area (Å²) in [7, 11) is 0. The molecule has 0 atom stereocenters. The van der Waals surface area contributed by atoms with Crippen LogP contribution in [0.4, 0.5) is 5.82 Å². The van der Waals surface area contributed by atoms with E-state index in [0.717, 1.165) is 53.6 Å². The van der Waals surface area contributed by atoms with Gasteiger partial charge in [0.05, 0.1) is 6.20 Å². The summed E-state index contributed by atoms with van der Waals surface area (Å²) in [5.74, 6) is 1.02. The van der Waals surface area contributed by atoms with Crippen LogP contribution in [0.1, 0.15) is 43.1 Å². The van der Waals surface area contributed by atoms with Crippen LogP contribution in [-0.2, 0) is 0 Å². The SMILES string of the molecule is CC(C)n1cc(-c2ccc3cnc(NC(=O)c4cccc(OC5CCNCC5)c4)cc3c2)cn1. The van der Waals surface area contributed by atoms with Crippen LogP contribution >= 0.6 is 0 Å². The van der Waals surface area contributed by atoms with Crippen LogP contribution in [0.25, 0.3) is 21.9 Å². The normalized spacial score (nSPS) is 14.4. The third-order valence-corrected chi connectivity index (χ3v) is 6.11. The van der Waals surface area contributed by atoms with Crippen molar-refractivity contribution in [3.8, 4) is 16.9 Å². The van der Waals surface area contributed by atoms with Crippen molar-refractivity contribution in [2.75, 3.05) is 18.4 Å². The molecule has 0 bridgehead atoms. The van der Waals surface area contributed by atoms with Crippen LogP contribution in [0.5, 0.6) is 5.75 Å². The number of benzene rings is 2. The quantitative estimate of drug-likeness (QED) is 0.425. The molecular weight excluding hydrogens is 426 g/mol. The molecule has 7 heteroatoms. The van der Waals surface area contributed by atoms with Crippen molar-refractivity contribution < 1.29 is 9.53 Å². The molecule has 2 aromatic carbocycles. The molecule has 0 radical (unpaired) electrons. The standard InChI is InChI=1S/C27H29N5O2/c1-18(2)32-17-23(16-30-32)19-6-7-21-15-29-26(14-22(21)12-19)31-27(33)20-4-3-5-25(13-20)34-24-8-10-28-11-9-24/h3-7,12-18,24,28H,8-11H2,1-2H3,(H,29,31,33). The molecule has 1 amide bonds. The first-order valence-electron chi connectivity index (χ1n) is 11.8. The average Bonchev–Trinajstić information content (AvgIpc) is 3.35. The van der Waals surface area contributed by atoms with E-state index < -0.39 is 0 Å². The third-order valence-electron chi connectivity index (χ3n) is 6.11. The van der Waals surface area contributed by atoms with Crippen molar-refractivity contribution >= 4 is 22.5 Å². The van der Waals surface area contributed by atoms with E-state index in [-0.39, 0.29) is 12.0 Å². The number of ether oxygens (including phenoxy) is 1. The summed E-state index contributed by atoms with van der Waals surface area (Å²) < 4.78 is 8.03. The fourth-order valence-electron chi connectivity index (χ4n) is 4.16. The van der Waals surface area contributed by atoms with Gasteiger partial charge in [-0.1, -0.05) is 18.2 Å².